The Morgan fingerprint density at radius 3 is 2.74 bits per heavy atom. The molecule has 1 aliphatic heterocycles. The highest BCUT2D eigenvalue weighted by molar-refractivity contribution is 6.00. The molecule has 1 saturated heterocycles. The number of ether oxygens (including phenoxy) is 1. The van der Waals surface area contributed by atoms with Gasteiger partial charge in [-0.25, -0.2) is 4.79 Å². The molecule has 0 saturated carbocycles. The first-order chi connectivity index (χ1) is 14.9. The molecular formula is C25H25NO5. The van der Waals surface area contributed by atoms with Gasteiger partial charge in [-0.15, -0.1) is 0 Å². The van der Waals surface area contributed by atoms with Crippen LogP contribution in [0.15, 0.2) is 51.7 Å². The van der Waals surface area contributed by atoms with Crippen molar-refractivity contribution < 1.29 is 18.7 Å². The SMILES string of the molecule is CCc1ccc2c(COC(=O)[C@H]3CC(=O)N(c4cccc(C)c4C)C3)cc(=O)oc2c1. The second-order valence-electron chi connectivity index (χ2n) is 8.01. The highest BCUT2D eigenvalue weighted by Gasteiger charge is 2.36. The number of esters is 1. The fourth-order valence-corrected chi connectivity index (χ4v) is 4.01. The predicted molar refractivity (Wildman–Crippen MR) is 118 cm³/mol. The maximum Gasteiger partial charge on any atom is 0.336 e. The monoisotopic (exact) mass is 419 g/mol. The van der Waals surface area contributed by atoms with Gasteiger partial charge in [-0.3, -0.25) is 9.59 Å². The summed E-state index contributed by atoms with van der Waals surface area (Å²) in [6.07, 6.45) is 0.940. The number of hydrogen-bond donors (Lipinski definition) is 0. The van der Waals surface area contributed by atoms with Crippen LogP contribution in [-0.2, 0) is 27.4 Å². The minimum Gasteiger partial charge on any atom is -0.461 e. The molecule has 0 aliphatic carbocycles. The molecule has 1 aromatic heterocycles. The van der Waals surface area contributed by atoms with E-state index >= 15 is 0 Å². The van der Waals surface area contributed by atoms with Crippen molar-refractivity contribution in [2.24, 2.45) is 5.92 Å². The maximum absolute atomic E-state index is 12.7. The number of benzene rings is 2. The molecule has 3 aromatic rings. The van der Waals surface area contributed by atoms with Gasteiger partial charge in [0.15, 0.2) is 0 Å². The van der Waals surface area contributed by atoms with Gasteiger partial charge >= 0.3 is 11.6 Å². The van der Waals surface area contributed by atoms with Crippen molar-refractivity contribution >= 4 is 28.5 Å². The molecule has 1 aliphatic rings. The Morgan fingerprint density at radius 2 is 1.97 bits per heavy atom. The number of hydrogen-bond acceptors (Lipinski definition) is 5. The third kappa shape index (κ3) is 4.10. The van der Waals surface area contributed by atoms with Crippen molar-refractivity contribution in [2.45, 2.75) is 40.2 Å². The molecule has 0 radical (unpaired) electrons. The fraction of sp³-hybridized carbons (Fsp3) is 0.320. The molecule has 31 heavy (non-hydrogen) atoms. The average Bonchev–Trinajstić information content (AvgIpc) is 3.14. The number of carbonyl (C=O) groups is 2. The van der Waals surface area contributed by atoms with Crippen molar-refractivity contribution in [2.75, 3.05) is 11.4 Å². The fourth-order valence-electron chi connectivity index (χ4n) is 4.01. The number of rotatable bonds is 5. The molecule has 6 nitrogen and oxygen atoms in total. The second-order valence-corrected chi connectivity index (χ2v) is 8.01. The number of nitrogens with zero attached hydrogens (tertiary/aromatic N) is 1. The van der Waals surface area contributed by atoms with Crippen LogP contribution in [0, 0.1) is 19.8 Å². The van der Waals surface area contributed by atoms with E-state index < -0.39 is 17.5 Å². The molecule has 4 rings (SSSR count). The molecule has 2 heterocycles. The number of fused-ring (bicyclic) bond motifs is 1. The summed E-state index contributed by atoms with van der Waals surface area (Å²) in [4.78, 5) is 38.9. The van der Waals surface area contributed by atoms with Crippen molar-refractivity contribution in [3.8, 4) is 0 Å². The van der Waals surface area contributed by atoms with Crippen LogP contribution in [0.1, 0.15) is 35.6 Å². The molecule has 1 fully saturated rings. The van der Waals surface area contributed by atoms with Gasteiger partial charge in [-0.1, -0.05) is 31.2 Å². The first-order valence-electron chi connectivity index (χ1n) is 10.5. The van der Waals surface area contributed by atoms with E-state index in [2.05, 4.69) is 0 Å². The summed E-state index contributed by atoms with van der Waals surface area (Å²) in [5.41, 5.74) is 4.60. The predicted octanol–water partition coefficient (Wildman–Crippen LogP) is 4.07. The largest absolute Gasteiger partial charge is 0.461 e. The molecule has 0 unspecified atom stereocenters. The number of anilines is 1. The van der Waals surface area contributed by atoms with Crippen LogP contribution in [0.3, 0.4) is 0 Å². The summed E-state index contributed by atoms with van der Waals surface area (Å²) in [6.45, 7) is 6.24. The molecule has 0 N–H and O–H groups in total. The Labute approximate surface area is 180 Å². The smallest absolute Gasteiger partial charge is 0.336 e. The Bertz CT molecular complexity index is 1230. The van der Waals surface area contributed by atoms with Crippen LogP contribution >= 0.6 is 0 Å². The first-order valence-corrected chi connectivity index (χ1v) is 10.5. The van der Waals surface area contributed by atoms with Crippen LogP contribution < -0.4 is 10.5 Å². The Morgan fingerprint density at radius 1 is 1.16 bits per heavy atom. The minimum atomic E-state index is -0.537. The van der Waals surface area contributed by atoms with E-state index in [0.717, 1.165) is 34.2 Å². The van der Waals surface area contributed by atoms with Gasteiger partial charge in [-0.2, -0.15) is 0 Å². The van der Waals surface area contributed by atoms with Crippen molar-refractivity contribution in [3.05, 3.63) is 75.1 Å². The lowest BCUT2D eigenvalue weighted by atomic mass is 10.1. The van der Waals surface area contributed by atoms with Gasteiger partial charge in [0.1, 0.15) is 12.2 Å². The Hall–Kier alpha value is -3.41. The molecule has 1 atom stereocenters. The standard InChI is InChI=1S/C25H25NO5/c1-4-17-8-9-20-19(12-24(28)31-22(20)10-17)14-30-25(29)18-11-23(27)26(13-18)21-7-5-6-15(2)16(21)3/h5-10,12,18H,4,11,13-14H2,1-3H3/t18-/m0/s1. The van der Waals surface area contributed by atoms with Gasteiger partial charge in [-0.05, 0) is 49.1 Å². The second kappa shape index (κ2) is 8.38. The summed E-state index contributed by atoms with van der Waals surface area (Å²) in [7, 11) is 0. The van der Waals surface area contributed by atoms with Crippen molar-refractivity contribution in [1.29, 1.82) is 0 Å². The van der Waals surface area contributed by atoms with Crippen LogP contribution in [-0.4, -0.2) is 18.4 Å². The summed E-state index contributed by atoms with van der Waals surface area (Å²) < 4.78 is 10.8. The average molecular weight is 419 g/mol. The van der Waals surface area contributed by atoms with Crippen LogP contribution in [0.4, 0.5) is 5.69 Å². The van der Waals surface area contributed by atoms with Gasteiger partial charge in [0, 0.05) is 35.7 Å². The van der Waals surface area contributed by atoms with E-state index in [1.807, 2.05) is 57.2 Å². The van der Waals surface area contributed by atoms with E-state index in [4.69, 9.17) is 9.15 Å². The van der Waals surface area contributed by atoms with E-state index in [1.54, 1.807) is 4.90 Å². The lowest BCUT2D eigenvalue weighted by molar-refractivity contribution is -0.149. The lowest BCUT2D eigenvalue weighted by Crippen LogP contribution is -2.27. The molecule has 2 aromatic carbocycles. The summed E-state index contributed by atoms with van der Waals surface area (Å²) >= 11 is 0. The zero-order valence-electron chi connectivity index (χ0n) is 17.9. The van der Waals surface area contributed by atoms with Gasteiger partial charge < -0.3 is 14.1 Å². The van der Waals surface area contributed by atoms with Crippen LogP contribution in [0.2, 0.25) is 0 Å². The molecule has 1 amide bonds. The number of carbonyl (C=O) groups excluding carboxylic acids is 2. The first kappa shape index (κ1) is 20.8. The third-order valence-corrected chi connectivity index (χ3v) is 6.00. The van der Waals surface area contributed by atoms with E-state index in [1.165, 1.54) is 6.07 Å². The molecule has 6 heteroatoms. The summed E-state index contributed by atoms with van der Waals surface area (Å²) in [6, 6.07) is 12.8. The van der Waals surface area contributed by atoms with E-state index in [-0.39, 0.29) is 18.9 Å². The zero-order chi connectivity index (χ0) is 22.1. The molecule has 0 spiro atoms. The molecular weight excluding hydrogens is 394 g/mol. The zero-order valence-corrected chi connectivity index (χ0v) is 17.9. The summed E-state index contributed by atoms with van der Waals surface area (Å²) in [5.74, 6) is -1.06. The Balaban J connectivity index is 1.49. The van der Waals surface area contributed by atoms with E-state index in [9.17, 15) is 14.4 Å². The van der Waals surface area contributed by atoms with Gasteiger partial charge in [0.05, 0.1) is 5.92 Å². The van der Waals surface area contributed by atoms with Gasteiger partial charge in [0.25, 0.3) is 0 Å². The maximum atomic E-state index is 12.7. The third-order valence-electron chi connectivity index (χ3n) is 6.00. The normalized spacial score (nSPS) is 16.2. The van der Waals surface area contributed by atoms with Crippen LogP contribution in [0.25, 0.3) is 11.0 Å². The number of amides is 1. The molecule has 0 bridgehead atoms. The van der Waals surface area contributed by atoms with Gasteiger partial charge in [0.2, 0.25) is 5.91 Å². The van der Waals surface area contributed by atoms with Crippen molar-refractivity contribution in [1.82, 2.24) is 0 Å². The topological polar surface area (TPSA) is 76.8 Å². The minimum absolute atomic E-state index is 0.0411. The van der Waals surface area contributed by atoms with Crippen molar-refractivity contribution in [3.63, 3.8) is 0 Å². The highest BCUT2D eigenvalue weighted by atomic mass is 16.5. The van der Waals surface area contributed by atoms with Crippen LogP contribution in [0.5, 0.6) is 0 Å². The Kier molecular flexibility index (Phi) is 5.63. The highest BCUT2D eigenvalue weighted by Crippen LogP contribution is 2.30. The lowest BCUT2D eigenvalue weighted by Gasteiger charge is -2.20. The quantitative estimate of drug-likeness (QED) is 0.460. The summed E-state index contributed by atoms with van der Waals surface area (Å²) in [5, 5.41) is 0.740. The van der Waals surface area contributed by atoms with E-state index in [0.29, 0.717) is 17.7 Å². The molecule has 160 valence electrons. The number of aryl methyl sites for hydroxylation is 2.